The number of amides is 2. The number of anilines is 1. The standard InChI is InChI=1S/C48H65N5O5/c1-47(2)39-22-14-16-24-41(39)52(6)43(47)26-11-8-7-9-12-27-44-48(3,4)40-23-15-17-25-42(40)53(44)31-19-10-13-28-46(55)51(5)38-45(54)50-30-21-33-57-35-37-58-36-34-56-32-20-18-29-49/h7-9,11-12,14-17,22-27H,10,13,18-21,28,30-38H2,1-6H3/p+1. The van der Waals surface area contributed by atoms with Crippen LogP contribution in [0.3, 0.4) is 0 Å². The van der Waals surface area contributed by atoms with Gasteiger partial charge in [-0.1, -0.05) is 87.0 Å². The summed E-state index contributed by atoms with van der Waals surface area (Å²) < 4.78 is 18.7. The van der Waals surface area contributed by atoms with E-state index in [4.69, 9.17) is 19.5 Å². The third-order valence-electron chi connectivity index (χ3n) is 10.9. The van der Waals surface area contributed by atoms with Crippen LogP contribution in [0.25, 0.3) is 0 Å². The fourth-order valence-corrected chi connectivity index (χ4v) is 7.64. The largest absolute Gasteiger partial charge is 0.379 e. The number of unbranched alkanes of at least 4 members (excludes halogenated alkanes) is 3. The van der Waals surface area contributed by atoms with Crippen molar-refractivity contribution >= 4 is 28.9 Å². The fourth-order valence-electron chi connectivity index (χ4n) is 7.64. The van der Waals surface area contributed by atoms with Gasteiger partial charge in [0.2, 0.25) is 17.5 Å². The molecule has 0 atom stereocenters. The Bertz CT molecular complexity index is 1850. The molecule has 10 nitrogen and oxygen atoms in total. The number of benzene rings is 2. The maximum Gasteiger partial charge on any atom is 0.239 e. The molecule has 2 heterocycles. The van der Waals surface area contributed by atoms with Crippen LogP contribution in [-0.2, 0) is 34.6 Å². The van der Waals surface area contributed by atoms with Crippen molar-refractivity contribution in [3.8, 4) is 6.07 Å². The number of para-hydroxylation sites is 2. The molecule has 312 valence electrons. The molecule has 0 spiro atoms. The second-order valence-electron chi connectivity index (χ2n) is 15.9. The van der Waals surface area contributed by atoms with Gasteiger partial charge >= 0.3 is 0 Å². The zero-order chi connectivity index (χ0) is 41.8. The van der Waals surface area contributed by atoms with Crippen LogP contribution < -0.4 is 10.2 Å². The highest BCUT2D eigenvalue weighted by Crippen LogP contribution is 2.47. The van der Waals surface area contributed by atoms with Gasteiger partial charge in [-0.3, -0.25) is 9.59 Å². The predicted molar refractivity (Wildman–Crippen MR) is 234 cm³/mol. The van der Waals surface area contributed by atoms with Crippen molar-refractivity contribution in [3.05, 3.63) is 108 Å². The quantitative estimate of drug-likeness (QED) is 0.0619. The minimum absolute atomic E-state index is 0.0185. The van der Waals surface area contributed by atoms with E-state index >= 15 is 0 Å². The van der Waals surface area contributed by atoms with Crippen molar-refractivity contribution in [1.29, 1.82) is 5.26 Å². The molecule has 58 heavy (non-hydrogen) atoms. The van der Waals surface area contributed by atoms with Crippen LogP contribution >= 0.6 is 0 Å². The molecule has 2 aliphatic rings. The highest BCUT2D eigenvalue weighted by Gasteiger charge is 2.42. The average molecular weight is 793 g/mol. The fraction of sp³-hybridized carbons (Fsp3) is 0.500. The summed E-state index contributed by atoms with van der Waals surface area (Å²) in [5.74, 6) is -0.189. The molecule has 0 unspecified atom stereocenters. The summed E-state index contributed by atoms with van der Waals surface area (Å²) in [6, 6.07) is 19.4. The van der Waals surface area contributed by atoms with Gasteiger partial charge in [0.25, 0.3) is 0 Å². The first kappa shape index (κ1) is 45.9. The maximum absolute atomic E-state index is 12.8. The molecule has 0 aromatic heterocycles. The summed E-state index contributed by atoms with van der Waals surface area (Å²) in [6.07, 6.45) is 20.0. The Morgan fingerprint density at radius 3 is 2.16 bits per heavy atom. The third kappa shape index (κ3) is 13.1. The number of nitriles is 1. The lowest BCUT2D eigenvalue weighted by Gasteiger charge is -2.27. The summed E-state index contributed by atoms with van der Waals surface area (Å²) in [5.41, 5.74) is 7.56. The normalized spacial score (nSPS) is 16.2. The molecule has 0 fully saturated rings. The van der Waals surface area contributed by atoms with Crippen LogP contribution in [0.2, 0.25) is 0 Å². The third-order valence-corrected chi connectivity index (χ3v) is 10.9. The van der Waals surface area contributed by atoms with Gasteiger partial charge in [-0.05, 0) is 57.2 Å². The summed E-state index contributed by atoms with van der Waals surface area (Å²) in [6.45, 7) is 13.6. The molecule has 0 radical (unpaired) electrons. The Morgan fingerprint density at radius 1 is 0.793 bits per heavy atom. The number of carbonyl (C=O) groups is 2. The first-order valence-corrected chi connectivity index (χ1v) is 20.9. The first-order chi connectivity index (χ1) is 28.0. The molecule has 4 rings (SSSR count). The zero-order valence-electron chi connectivity index (χ0n) is 35.8. The number of likely N-dealkylation sites (N-methyl/N-ethyl adjacent to an activating group) is 1. The molecule has 0 saturated carbocycles. The van der Waals surface area contributed by atoms with E-state index in [1.165, 1.54) is 38.8 Å². The zero-order valence-corrected chi connectivity index (χ0v) is 35.8. The number of fused-ring (bicyclic) bond motifs is 2. The van der Waals surface area contributed by atoms with Crippen molar-refractivity contribution in [2.45, 2.75) is 83.5 Å². The molecule has 2 aromatic carbocycles. The Hall–Kier alpha value is -4.82. The van der Waals surface area contributed by atoms with Gasteiger partial charge in [0.1, 0.15) is 7.05 Å². The van der Waals surface area contributed by atoms with E-state index in [-0.39, 0.29) is 29.2 Å². The number of hydrogen-bond acceptors (Lipinski definition) is 7. The van der Waals surface area contributed by atoms with Crippen LogP contribution in [0.15, 0.2) is 96.8 Å². The number of nitrogens with one attached hydrogen (secondary N) is 1. The van der Waals surface area contributed by atoms with Crippen molar-refractivity contribution in [2.24, 2.45) is 0 Å². The van der Waals surface area contributed by atoms with E-state index < -0.39 is 0 Å². The minimum Gasteiger partial charge on any atom is -0.379 e. The SMILES string of the molecule is CN(CC(=O)NCCCOCCOCCOCCCC#N)C(=O)CCCCCN1\C(=C/C=C/C=C/C=C/C2=[N+](C)c3ccccc3C2(C)C)C(C)(C)c2ccccc21. The van der Waals surface area contributed by atoms with Crippen LogP contribution in [0.5, 0.6) is 0 Å². The molecular formula is C48H66N5O5+. The van der Waals surface area contributed by atoms with E-state index in [9.17, 15) is 9.59 Å². The van der Waals surface area contributed by atoms with Crippen molar-refractivity contribution < 1.29 is 28.4 Å². The van der Waals surface area contributed by atoms with Crippen molar-refractivity contribution in [2.75, 3.05) is 78.3 Å². The monoisotopic (exact) mass is 793 g/mol. The molecule has 0 saturated heterocycles. The van der Waals surface area contributed by atoms with Crippen molar-refractivity contribution in [3.63, 3.8) is 0 Å². The maximum atomic E-state index is 12.8. The predicted octanol–water partition coefficient (Wildman–Crippen LogP) is 7.92. The number of carbonyl (C=O) groups excluding carboxylic acids is 2. The van der Waals surface area contributed by atoms with Crippen LogP contribution in [0, 0.1) is 11.3 Å². The van der Waals surface area contributed by atoms with Gasteiger partial charge < -0.3 is 29.3 Å². The number of hydrogen-bond donors (Lipinski definition) is 1. The topological polar surface area (TPSA) is 107 Å². The van der Waals surface area contributed by atoms with Crippen LogP contribution in [-0.4, -0.2) is 100 Å². The molecule has 0 bridgehead atoms. The summed E-state index contributed by atoms with van der Waals surface area (Å²) in [7, 11) is 3.83. The minimum atomic E-state index is -0.170. The first-order valence-electron chi connectivity index (χ1n) is 20.9. The second-order valence-corrected chi connectivity index (χ2v) is 15.9. The highest BCUT2D eigenvalue weighted by atomic mass is 16.5. The van der Waals surface area contributed by atoms with Gasteiger partial charge in [-0.15, -0.1) is 0 Å². The van der Waals surface area contributed by atoms with E-state index in [0.29, 0.717) is 65.4 Å². The van der Waals surface area contributed by atoms with Crippen LogP contribution in [0.1, 0.15) is 83.8 Å². The lowest BCUT2D eigenvalue weighted by molar-refractivity contribution is -0.401. The van der Waals surface area contributed by atoms with Gasteiger partial charge in [0.05, 0.1) is 44.5 Å². The number of allylic oxidation sites excluding steroid dienone is 8. The lowest BCUT2D eigenvalue weighted by atomic mass is 9.81. The van der Waals surface area contributed by atoms with Gasteiger partial charge in [-0.2, -0.15) is 9.84 Å². The number of nitrogens with zero attached hydrogens (tertiary/aromatic N) is 4. The summed E-state index contributed by atoms with van der Waals surface area (Å²) >= 11 is 0. The number of ether oxygens (including phenoxy) is 3. The summed E-state index contributed by atoms with van der Waals surface area (Å²) in [5, 5.41) is 11.4. The Labute approximate surface area is 347 Å². The molecule has 2 amide bonds. The van der Waals surface area contributed by atoms with E-state index in [1.54, 1.807) is 7.05 Å². The average Bonchev–Trinajstić information content (AvgIpc) is 3.54. The highest BCUT2D eigenvalue weighted by molar-refractivity contribution is 6.03. The molecule has 1 N–H and O–H groups in total. The molecule has 10 heteroatoms. The second kappa shape index (κ2) is 23.6. The number of rotatable bonds is 25. The Kier molecular flexibility index (Phi) is 18.6. The molecule has 0 aliphatic carbocycles. The van der Waals surface area contributed by atoms with Crippen molar-refractivity contribution in [1.82, 2.24) is 10.2 Å². The molecular weight excluding hydrogens is 727 g/mol. The van der Waals surface area contributed by atoms with Gasteiger partial charge in [-0.25, -0.2) is 0 Å². The van der Waals surface area contributed by atoms with E-state index in [2.05, 4.69) is 147 Å². The van der Waals surface area contributed by atoms with Gasteiger partial charge in [0, 0.05) is 80.7 Å². The van der Waals surface area contributed by atoms with E-state index in [0.717, 1.165) is 32.2 Å². The Balaban J connectivity index is 1.14. The summed E-state index contributed by atoms with van der Waals surface area (Å²) in [4.78, 5) is 29.2. The lowest BCUT2D eigenvalue weighted by Crippen LogP contribution is -2.38. The molecule has 2 aliphatic heterocycles. The van der Waals surface area contributed by atoms with E-state index in [1.807, 2.05) is 0 Å². The Morgan fingerprint density at radius 2 is 1.43 bits per heavy atom. The smallest absolute Gasteiger partial charge is 0.239 e. The molecule has 2 aromatic rings. The van der Waals surface area contributed by atoms with Gasteiger partial charge in [0.15, 0.2) is 5.71 Å². The van der Waals surface area contributed by atoms with Crippen LogP contribution in [0.4, 0.5) is 11.4 Å².